The Morgan fingerprint density at radius 2 is 1.74 bits per heavy atom. The van der Waals surface area contributed by atoms with Gasteiger partial charge in [0.05, 0.1) is 5.56 Å². The Morgan fingerprint density at radius 3 is 2.22 bits per heavy atom. The lowest BCUT2D eigenvalue weighted by atomic mass is 9.90. The van der Waals surface area contributed by atoms with Crippen molar-refractivity contribution in [2.75, 3.05) is 0 Å². The highest BCUT2D eigenvalue weighted by Gasteiger charge is 2.22. The van der Waals surface area contributed by atoms with Gasteiger partial charge < -0.3 is 5.11 Å². The molecular formula is C17H21N3O3. The summed E-state index contributed by atoms with van der Waals surface area (Å²) in [5.74, 6) is -0.249. The van der Waals surface area contributed by atoms with E-state index in [1.54, 1.807) is 0 Å². The predicted octanol–water partition coefficient (Wildman–Crippen LogP) is 2.85. The molecule has 0 bridgehead atoms. The van der Waals surface area contributed by atoms with Crippen molar-refractivity contribution in [1.29, 1.82) is 0 Å². The third-order valence-corrected chi connectivity index (χ3v) is 3.96. The van der Waals surface area contributed by atoms with Crippen LogP contribution in [0.2, 0.25) is 0 Å². The lowest BCUT2D eigenvalue weighted by Crippen LogP contribution is -2.24. The van der Waals surface area contributed by atoms with E-state index in [0.717, 1.165) is 39.8 Å². The molecule has 0 amide bonds. The second-order valence-electron chi connectivity index (χ2n) is 5.55. The minimum Gasteiger partial charge on any atom is -0.505 e. The number of rotatable bonds is 5. The monoisotopic (exact) mass is 315 g/mol. The van der Waals surface area contributed by atoms with Crippen LogP contribution >= 0.6 is 0 Å². The molecule has 1 N–H and O–H groups in total. The molecule has 2 aromatic rings. The molecule has 0 atom stereocenters. The first kappa shape index (κ1) is 16.9. The van der Waals surface area contributed by atoms with Crippen LogP contribution in [0.3, 0.4) is 0 Å². The Morgan fingerprint density at radius 1 is 1.17 bits per heavy atom. The zero-order valence-electron chi connectivity index (χ0n) is 13.9. The summed E-state index contributed by atoms with van der Waals surface area (Å²) in [6.07, 6.45) is 1.46. The van der Waals surface area contributed by atoms with Crippen molar-refractivity contribution in [1.82, 2.24) is 9.78 Å². The first-order chi connectivity index (χ1) is 10.9. The van der Waals surface area contributed by atoms with E-state index in [4.69, 9.17) is 0 Å². The predicted molar refractivity (Wildman–Crippen MR) is 89.6 cm³/mol. The van der Waals surface area contributed by atoms with Gasteiger partial charge in [-0.15, -0.1) is 0 Å². The standard InChI is InChI=1S/C17H21N3O3/c1-5-11-7-10(3)8-12(6-2)14(11)15-16(21)13(9-18-23)19-20(4)17(15)22/h7-8,21H,5-6,9H2,1-4H3. The van der Waals surface area contributed by atoms with Crippen LogP contribution in [-0.2, 0) is 26.4 Å². The van der Waals surface area contributed by atoms with Crippen LogP contribution in [0.5, 0.6) is 5.75 Å². The minimum absolute atomic E-state index is 0.113. The zero-order valence-corrected chi connectivity index (χ0v) is 13.9. The van der Waals surface area contributed by atoms with E-state index >= 15 is 0 Å². The Bertz CT molecular complexity index is 784. The third kappa shape index (κ3) is 3.02. The van der Waals surface area contributed by atoms with Gasteiger partial charge in [0.25, 0.3) is 5.56 Å². The van der Waals surface area contributed by atoms with Crippen LogP contribution in [0.1, 0.15) is 36.2 Å². The molecule has 0 saturated heterocycles. The molecule has 0 saturated carbocycles. The maximum atomic E-state index is 12.6. The fraction of sp³-hybridized carbons (Fsp3) is 0.412. The average molecular weight is 315 g/mol. The molecular weight excluding hydrogens is 294 g/mol. The second kappa shape index (κ2) is 6.73. The van der Waals surface area contributed by atoms with Gasteiger partial charge in [0.15, 0.2) is 5.75 Å². The van der Waals surface area contributed by atoms with Gasteiger partial charge in [0.2, 0.25) is 0 Å². The maximum absolute atomic E-state index is 12.6. The summed E-state index contributed by atoms with van der Waals surface area (Å²) in [7, 11) is 1.50. The first-order valence-electron chi connectivity index (χ1n) is 7.65. The normalized spacial score (nSPS) is 10.8. The molecule has 0 aliphatic rings. The Balaban J connectivity index is 2.91. The van der Waals surface area contributed by atoms with E-state index in [2.05, 4.69) is 10.3 Å². The number of hydrogen-bond donors (Lipinski definition) is 1. The highest BCUT2D eigenvalue weighted by Crippen LogP contribution is 2.34. The van der Waals surface area contributed by atoms with Crippen molar-refractivity contribution >= 4 is 0 Å². The van der Waals surface area contributed by atoms with Crippen molar-refractivity contribution in [3.63, 3.8) is 0 Å². The summed E-state index contributed by atoms with van der Waals surface area (Å²) in [6.45, 7) is 5.75. The van der Waals surface area contributed by atoms with E-state index in [1.807, 2.05) is 32.9 Å². The summed E-state index contributed by atoms with van der Waals surface area (Å²) in [5.41, 5.74) is 3.77. The number of hydrogen-bond acceptors (Lipinski definition) is 5. The van der Waals surface area contributed by atoms with Crippen LogP contribution in [0, 0.1) is 11.8 Å². The lowest BCUT2D eigenvalue weighted by molar-refractivity contribution is 0.456. The highest BCUT2D eigenvalue weighted by molar-refractivity contribution is 5.76. The number of aromatic nitrogens is 2. The topological polar surface area (TPSA) is 84.6 Å². The van der Waals surface area contributed by atoms with Gasteiger partial charge in [0.1, 0.15) is 12.2 Å². The second-order valence-corrected chi connectivity index (χ2v) is 5.55. The maximum Gasteiger partial charge on any atom is 0.278 e. The zero-order chi connectivity index (χ0) is 17.1. The molecule has 0 unspecified atom stereocenters. The number of aryl methyl sites for hydroxylation is 4. The molecule has 1 aromatic heterocycles. The van der Waals surface area contributed by atoms with Gasteiger partial charge in [-0.3, -0.25) is 4.79 Å². The van der Waals surface area contributed by atoms with E-state index in [1.165, 1.54) is 7.05 Å². The molecule has 122 valence electrons. The van der Waals surface area contributed by atoms with Crippen LogP contribution in [-0.4, -0.2) is 14.9 Å². The molecule has 0 aliphatic carbocycles. The quantitative estimate of drug-likeness (QED) is 0.860. The Kier molecular flexibility index (Phi) is 4.93. The molecule has 0 spiro atoms. The van der Waals surface area contributed by atoms with E-state index in [9.17, 15) is 14.8 Å². The summed E-state index contributed by atoms with van der Waals surface area (Å²) < 4.78 is 1.15. The summed E-state index contributed by atoms with van der Waals surface area (Å²) in [5, 5.41) is 17.2. The van der Waals surface area contributed by atoms with E-state index in [-0.39, 0.29) is 29.1 Å². The van der Waals surface area contributed by atoms with Crippen molar-refractivity contribution in [2.45, 2.75) is 40.2 Å². The highest BCUT2D eigenvalue weighted by atomic mass is 16.3. The third-order valence-electron chi connectivity index (χ3n) is 3.96. The van der Waals surface area contributed by atoms with Crippen LogP contribution in [0.4, 0.5) is 0 Å². The minimum atomic E-state index is -0.384. The van der Waals surface area contributed by atoms with E-state index in [0.29, 0.717) is 0 Å². The summed E-state index contributed by atoms with van der Waals surface area (Å²) in [6, 6.07) is 4.04. The van der Waals surface area contributed by atoms with Gasteiger partial charge in [-0.05, 0) is 36.5 Å². The summed E-state index contributed by atoms with van der Waals surface area (Å²) >= 11 is 0. The number of aromatic hydroxyl groups is 1. The van der Waals surface area contributed by atoms with Crippen LogP contribution < -0.4 is 5.56 Å². The van der Waals surface area contributed by atoms with Gasteiger partial charge in [-0.2, -0.15) is 10.0 Å². The largest absolute Gasteiger partial charge is 0.505 e. The molecule has 0 fully saturated rings. The van der Waals surface area contributed by atoms with Gasteiger partial charge in [0, 0.05) is 7.05 Å². The Labute approximate surface area is 134 Å². The molecule has 6 heteroatoms. The van der Waals surface area contributed by atoms with Crippen molar-refractivity contribution in [3.05, 3.63) is 49.8 Å². The first-order valence-corrected chi connectivity index (χ1v) is 7.65. The van der Waals surface area contributed by atoms with Crippen molar-refractivity contribution in [3.8, 4) is 16.9 Å². The smallest absolute Gasteiger partial charge is 0.278 e. The van der Waals surface area contributed by atoms with Gasteiger partial charge in [-0.25, -0.2) is 4.68 Å². The van der Waals surface area contributed by atoms with Crippen molar-refractivity contribution < 1.29 is 5.11 Å². The van der Waals surface area contributed by atoms with Gasteiger partial charge in [-0.1, -0.05) is 36.7 Å². The molecule has 23 heavy (non-hydrogen) atoms. The molecule has 1 heterocycles. The van der Waals surface area contributed by atoms with Gasteiger partial charge >= 0.3 is 0 Å². The molecule has 2 rings (SSSR count). The van der Waals surface area contributed by atoms with Crippen LogP contribution in [0.15, 0.2) is 22.1 Å². The SMILES string of the molecule is CCc1cc(C)cc(CC)c1-c1c(O)c(CN=O)nn(C)c1=O. The van der Waals surface area contributed by atoms with Crippen LogP contribution in [0.25, 0.3) is 11.1 Å². The summed E-state index contributed by atoms with van der Waals surface area (Å²) in [4.78, 5) is 23.2. The number of benzene rings is 1. The fourth-order valence-corrected chi connectivity index (χ4v) is 2.89. The molecule has 0 radical (unpaired) electrons. The lowest BCUT2D eigenvalue weighted by Gasteiger charge is -2.17. The molecule has 0 aliphatic heterocycles. The average Bonchev–Trinajstić information content (AvgIpc) is 2.53. The molecule has 6 nitrogen and oxygen atoms in total. The fourth-order valence-electron chi connectivity index (χ4n) is 2.89. The Hall–Kier alpha value is -2.50. The molecule has 1 aromatic carbocycles. The van der Waals surface area contributed by atoms with E-state index < -0.39 is 0 Å². The number of nitroso groups, excluding NO2 is 1. The van der Waals surface area contributed by atoms with Crippen molar-refractivity contribution in [2.24, 2.45) is 12.2 Å². The number of nitrogens with zero attached hydrogens (tertiary/aromatic N) is 3.